The van der Waals surface area contributed by atoms with Gasteiger partial charge in [0.05, 0.1) is 7.11 Å². The lowest BCUT2D eigenvalue weighted by Gasteiger charge is -2.06. The standard InChI is InChI=1S/C18H19NO2S2/c1-12(20)19-8-7-15-16-10-13(21-2)5-6-17(16)23-18(15)11-14-4-3-9-22-14/h3-6,9-10H,7-8,11H2,1-2H3,(H,19,20). The quantitative estimate of drug-likeness (QED) is 0.726. The van der Waals surface area contributed by atoms with Crippen molar-refractivity contribution in [3.8, 4) is 5.75 Å². The summed E-state index contributed by atoms with van der Waals surface area (Å²) in [5, 5.41) is 6.26. The van der Waals surface area contributed by atoms with Crippen LogP contribution in [0.5, 0.6) is 5.75 Å². The highest BCUT2D eigenvalue weighted by Gasteiger charge is 2.14. The van der Waals surface area contributed by atoms with E-state index >= 15 is 0 Å². The molecule has 1 amide bonds. The van der Waals surface area contributed by atoms with Gasteiger partial charge < -0.3 is 10.1 Å². The zero-order valence-electron chi connectivity index (χ0n) is 13.2. The lowest BCUT2D eigenvalue weighted by molar-refractivity contribution is -0.118. The van der Waals surface area contributed by atoms with Crippen molar-refractivity contribution in [2.45, 2.75) is 19.8 Å². The fourth-order valence-corrected chi connectivity index (χ4v) is 4.72. The molecule has 0 radical (unpaired) electrons. The van der Waals surface area contributed by atoms with Gasteiger partial charge in [-0.3, -0.25) is 4.79 Å². The van der Waals surface area contributed by atoms with E-state index in [1.807, 2.05) is 17.4 Å². The van der Waals surface area contributed by atoms with Crippen molar-refractivity contribution in [3.05, 3.63) is 51.0 Å². The monoisotopic (exact) mass is 345 g/mol. The normalized spacial score (nSPS) is 10.9. The van der Waals surface area contributed by atoms with E-state index in [2.05, 4.69) is 35.0 Å². The predicted molar refractivity (Wildman–Crippen MR) is 97.9 cm³/mol. The minimum atomic E-state index is 0.0157. The second kappa shape index (κ2) is 7.15. The van der Waals surface area contributed by atoms with Crippen molar-refractivity contribution < 1.29 is 9.53 Å². The van der Waals surface area contributed by atoms with Crippen LogP contribution in [0.2, 0.25) is 0 Å². The van der Waals surface area contributed by atoms with Gasteiger partial charge in [0, 0.05) is 34.3 Å². The lowest BCUT2D eigenvalue weighted by atomic mass is 10.1. The average molecular weight is 345 g/mol. The minimum absolute atomic E-state index is 0.0157. The summed E-state index contributed by atoms with van der Waals surface area (Å²) in [6.07, 6.45) is 1.79. The van der Waals surface area contributed by atoms with Crippen LogP contribution in [0.3, 0.4) is 0 Å². The molecular weight excluding hydrogens is 326 g/mol. The molecule has 3 nitrogen and oxygen atoms in total. The Bertz CT molecular complexity index is 806. The van der Waals surface area contributed by atoms with Crippen LogP contribution in [0.25, 0.3) is 10.1 Å². The van der Waals surface area contributed by atoms with Crippen LogP contribution >= 0.6 is 22.7 Å². The molecule has 0 aliphatic heterocycles. The van der Waals surface area contributed by atoms with Crippen LogP contribution in [0.4, 0.5) is 0 Å². The van der Waals surface area contributed by atoms with Crippen molar-refractivity contribution in [2.24, 2.45) is 0 Å². The second-order valence-electron chi connectivity index (χ2n) is 5.35. The molecule has 3 rings (SSSR count). The Hall–Kier alpha value is -1.85. The molecule has 2 aromatic heterocycles. The van der Waals surface area contributed by atoms with Gasteiger partial charge >= 0.3 is 0 Å². The molecule has 0 fully saturated rings. The summed E-state index contributed by atoms with van der Waals surface area (Å²) in [7, 11) is 1.69. The summed E-state index contributed by atoms with van der Waals surface area (Å²) in [6, 6.07) is 10.5. The maximum atomic E-state index is 11.2. The molecule has 120 valence electrons. The minimum Gasteiger partial charge on any atom is -0.497 e. The van der Waals surface area contributed by atoms with Crippen LogP contribution in [-0.2, 0) is 17.6 Å². The molecule has 1 N–H and O–H groups in total. The van der Waals surface area contributed by atoms with Crippen molar-refractivity contribution in [2.75, 3.05) is 13.7 Å². The summed E-state index contributed by atoms with van der Waals surface area (Å²) in [5.41, 5.74) is 1.33. The van der Waals surface area contributed by atoms with E-state index in [1.165, 1.54) is 25.4 Å². The first-order chi connectivity index (χ1) is 11.2. The Morgan fingerprint density at radius 3 is 2.87 bits per heavy atom. The third kappa shape index (κ3) is 3.74. The first kappa shape index (κ1) is 16.0. The Morgan fingerprint density at radius 2 is 2.17 bits per heavy atom. The van der Waals surface area contributed by atoms with E-state index in [0.29, 0.717) is 6.54 Å². The molecule has 23 heavy (non-hydrogen) atoms. The lowest BCUT2D eigenvalue weighted by Crippen LogP contribution is -2.22. The molecule has 3 aromatic rings. The Labute approximate surface area is 143 Å². The topological polar surface area (TPSA) is 38.3 Å². The van der Waals surface area contributed by atoms with Crippen LogP contribution < -0.4 is 10.1 Å². The summed E-state index contributed by atoms with van der Waals surface area (Å²) < 4.78 is 6.65. The average Bonchev–Trinajstić information content (AvgIpc) is 3.15. The number of hydrogen-bond acceptors (Lipinski definition) is 4. The molecule has 0 aliphatic carbocycles. The number of thiophene rings is 2. The number of methoxy groups -OCH3 is 1. The van der Waals surface area contributed by atoms with Gasteiger partial charge in [0.1, 0.15) is 5.75 Å². The molecular formula is C18H19NO2S2. The SMILES string of the molecule is COc1ccc2sc(Cc3cccs3)c(CCNC(C)=O)c2c1. The van der Waals surface area contributed by atoms with Crippen molar-refractivity contribution in [1.82, 2.24) is 5.32 Å². The fourth-order valence-electron chi connectivity index (χ4n) is 2.66. The van der Waals surface area contributed by atoms with Crippen molar-refractivity contribution in [3.63, 3.8) is 0 Å². The highest BCUT2D eigenvalue weighted by Crippen LogP contribution is 2.36. The summed E-state index contributed by atoms with van der Waals surface area (Å²) in [4.78, 5) is 13.9. The van der Waals surface area contributed by atoms with Gasteiger partial charge in [0.25, 0.3) is 0 Å². The number of amides is 1. The first-order valence-electron chi connectivity index (χ1n) is 7.52. The number of ether oxygens (including phenoxy) is 1. The number of rotatable bonds is 6. The van der Waals surface area contributed by atoms with Crippen LogP contribution in [0, 0.1) is 0 Å². The molecule has 2 heterocycles. The number of carbonyl (C=O) groups excluding carboxylic acids is 1. The van der Waals surface area contributed by atoms with Gasteiger partial charge in [-0.05, 0) is 47.0 Å². The van der Waals surface area contributed by atoms with Crippen LogP contribution in [0.1, 0.15) is 22.2 Å². The molecule has 0 atom stereocenters. The van der Waals surface area contributed by atoms with Crippen LogP contribution in [-0.4, -0.2) is 19.6 Å². The van der Waals surface area contributed by atoms with E-state index in [4.69, 9.17) is 4.74 Å². The van der Waals surface area contributed by atoms with E-state index in [1.54, 1.807) is 25.4 Å². The van der Waals surface area contributed by atoms with Gasteiger partial charge in [0.15, 0.2) is 0 Å². The number of nitrogens with one attached hydrogen (secondary N) is 1. The zero-order valence-corrected chi connectivity index (χ0v) is 14.9. The first-order valence-corrected chi connectivity index (χ1v) is 9.22. The molecule has 0 saturated heterocycles. The van der Waals surface area contributed by atoms with Crippen molar-refractivity contribution >= 4 is 38.7 Å². The molecule has 0 aliphatic rings. The third-order valence-corrected chi connectivity index (χ3v) is 5.83. The van der Waals surface area contributed by atoms with Gasteiger partial charge in [-0.25, -0.2) is 0 Å². The number of hydrogen-bond donors (Lipinski definition) is 1. The van der Waals surface area contributed by atoms with Gasteiger partial charge in [-0.2, -0.15) is 0 Å². The zero-order chi connectivity index (χ0) is 16.2. The van der Waals surface area contributed by atoms with E-state index in [9.17, 15) is 4.79 Å². The molecule has 0 bridgehead atoms. The molecule has 0 unspecified atom stereocenters. The van der Waals surface area contributed by atoms with Crippen LogP contribution in [0.15, 0.2) is 35.7 Å². The third-order valence-electron chi connectivity index (χ3n) is 3.75. The van der Waals surface area contributed by atoms with E-state index < -0.39 is 0 Å². The largest absolute Gasteiger partial charge is 0.497 e. The molecule has 0 spiro atoms. The Balaban J connectivity index is 1.96. The molecule has 0 saturated carbocycles. The number of fused-ring (bicyclic) bond motifs is 1. The highest BCUT2D eigenvalue weighted by molar-refractivity contribution is 7.19. The maximum Gasteiger partial charge on any atom is 0.216 e. The van der Waals surface area contributed by atoms with E-state index in [-0.39, 0.29) is 5.91 Å². The second-order valence-corrected chi connectivity index (χ2v) is 7.52. The molecule has 5 heteroatoms. The van der Waals surface area contributed by atoms with E-state index in [0.717, 1.165) is 18.6 Å². The maximum absolute atomic E-state index is 11.2. The van der Waals surface area contributed by atoms with Gasteiger partial charge in [-0.15, -0.1) is 22.7 Å². The summed E-state index contributed by atoms with van der Waals surface area (Å²) >= 11 is 3.62. The predicted octanol–water partition coefficient (Wildman–Crippen LogP) is 4.24. The summed E-state index contributed by atoms with van der Waals surface area (Å²) in [5.74, 6) is 0.890. The molecule has 1 aromatic carbocycles. The highest BCUT2D eigenvalue weighted by atomic mass is 32.1. The Morgan fingerprint density at radius 1 is 1.30 bits per heavy atom. The van der Waals surface area contributed by atoms with Gasteiger partial charge in [-0.1, -0.05) is 6.07 Å². The number of carbonyl (C=O) groups is 1. The van der Waals surface area contributed by atoms with Crippen molar-refractivity contribution in [1.29, 1.82) is 0 Å². The van der Waals surface area contributed by atoms with Gasteiger partial charge in [0.2, 0.25) is 5.91 Å². The summed E-state index contributed by atoms with van der Waals surface area (Å²) in [6.45, 7) is 2.22. The number of benzene rings is 1. The Kier molecular flexibility index (Phi) is 4.98. The fraction of sp³-hybridized carbons (Fsp3) is 0.278. The smallest absolute Gasteiger partial charge is 0.216 e.